The van der Waals surface area contributed by atoms with Crippen molar-refractivity contribution in [2.45, 2.75) is 57.9 Å². The highest BCUT2D eigenvalue weighted by Gasteiger charge is 2.31. The zero-order valence-corrected chi connectivity index (χ0v) is 24.5. The number of tetrazole rings is 1. The number of nitrogens with one attached hydrogen (secondary N) is 2. The number of rotatable bonds is 12. The first kappa shape index (κ1) is 30.6. The lowest BCUT2D eigenvalue weighted by atomic mass is 9.94. The molecule has 3 aromatic carbocycles. The van der Waals surface area contributed by atoms with Crippen molar-refractivity contribution >= 4 is 11.6 Å². The largest absolute Gasteiger partial charge is 0.393 e. The lowest BCUT2D eigenvalue weighted by Crippen LogP contribution is -2.29. The Morgan fingerprint density at radius 3 is 2.20 bits per heavy atom. The van der Waals surface area contributed by atoms with E-state index in [9.17, 15) is 24.2 Å². The molecule has 11 heteroatoms. The molecule has 0 bridgehead atoms. The zero-order valence-electron chi connectivity index (χ0n) is 24.5. The van der Waals surface area contributed by atoms with E-state index in [1.54, 1.807) is 12.1 Å². The number of benzene rings is 3. The average Bonchev–Trinajstić information content (AvgIpc) is 3.58. The molecule has 2 aromatic heterocycles. The number of carbonyl (C=O) groups is 1. The molecule has 10 nitrogen and oxygen atoms in total. The second kappa shape index (κ2) is 13.6. The number of hydrogen-bond acceptors (Lipinski definition) is 6. The van der Waals surface area contributed by atoms with Gasteiger partial charge in [0, 0.05) is 29.9 Å². The van der Waals surface area contributed by atoms with Crippen LogP contribution in [0.1, 0.15) is 48.7 Å². The van der Waals surface area contributed by atoms with Crippen LogP contribution in [0.3, 0.4) is 0 Å². The lowest BCUT2D eigenvalue weighted by Gasteiger charge is -2.20. The van der Waals surface area contributed by atoms with Gasteiger partial charge < -0.3 is 20.1 Å². The number of aromatic nitrogens is 5. The molecule has 5 rings (SSSR count). The first-order valence-corrected chi connectivity index (χ1v) is 14.5. The van der Waals surface area contributed by atoms with E-state index >= 15 is 0 Å². The molecule has 0 unspecified atom stereocenters. The molecular weight excluding hydrogens is 563 g/mol. The van der Waals surface area contributed by atoms with Crippen molar-refractivity contribution in [1.82, 2.24) is 24.8 Å². The molecule has 0 aliphatic heterocycles. The molecule has 2 heterocycles. The maximum Gasteiger partial charge on any atom is 0.361 e. The molecule has 0 aliphatic carbocycles. The molecule has 0 radical (unpaired) electrons. The van der Waals surface area contributed by atoms with E-state index < -0.39 is 17.9 Å². The number of para-hydroxylation sites is 1. The Balaban J connectivity index is 1.59. The van der Waals surface area contributed by atoms with Crippen molar-refractivity contribution in [3.63, 3.8) is 0 Å². The number of aliphatic hydroxyl groups excluding tert-OH is 2. The summed E-state index contributed by atoms with van der Waals surface area (Å²) in [4.78, 5) is 25.9. The predicted molar refractivity (Wildman–Crippen MR) is 166 cm³/mol. The van der Waals surface area contributed by atoms with Gasteiger partial charge in [0.25, 0.3) is 5.91 Å². The van der Waals surface area contributed by atoms with E-state index in [1.165, 1.54) is 12.1 Å². The predicted octanol–water partition coefficient (Wildman–Crippen LogP) is 4.82. The van der Waals surface area contributed by atoms with Crippen molar-refractivity contribution in [1.29, 1.82) is 0 Å². The number of hydrogen-bond donors (Lipinski definition) is 4. The minimum Gasteiger partial charge on any atom is -0.393 e. The Labute approximate surface area is 253 Å². The normalized spacial score (nSPS) is 12.8. The number of halogens is 1. The molecule has 2 atom stereocenters. The minimum absolute atomic E-state index is 0.00362. The summed E-state index contributed by atoms with van der Waals surface area (Å²) in [7, 11) is 0. The summed E-state index contributed by atoms with van der Waals surface area (Å²) < 4.78 is 17.1. The lowest BCUT2D eigenvalue weighted by molar-refractivity contribution is 0.0609. The Bertz CT molecular complexity index is 1750. The first-order valence-electron chi connectivity index (χ1n) is 14.5. The SMILES string of the molecule is CC(C)c1c(C(=O)Nc2ccccc2)c(-c2ccccc2)c(-c2ccc(F)cc2)n1CC[C@@H](O)C[C@@H](O)Cn1nn[nH]c1=O. The van der Waals surface area contributed by atoms with Gasteiger partial charge in [0.05, 0.1) is 30.0 Å². The van der Waals surface area contributed by atoms with Crippen LogP contribution < -0.4 is 11.0 Å². The third kappa shape index (κ3) is 6.85. The van der Waals surface area contributed by atoms with Gasteiger partial charge in [-0.15, -0.1) is 0 Å². The smallest absolute Gasteiger partial charge is 0.361 e. The summed E-state index contributed by atoms with van der Waals surface area (Å²) >= 11 is 0. The van der Waals surface area contributed by atoms with Crippen molar-refractivity contribution in [2.24, 2.45) is 0 Å². The summed E-state index contributed by atoms with van der Waals surface area (Å²) in [5.41, 5.74) is 4.32. The molecule has 0 spiro atoms. The highest BCUT2D eigenvalue weighted by molar-refractivity contribution is 6.12. The highest BCUT2D eigenvalue weighted by atomic mass is 19.1. The Morgan fingerprint density at radius 2 is 1.59 bits per heavy atom. The van der Waals surface area contributed by atoms with E-state index in [1.807, 2.05) is 79.1 Å². The molecule has 228 valence electrons. The van der Waals surface area contributed by atoms with Crippen molar-refractivity contribution < 1.29 is 19.4 Å². The standard InChI is InChI=1S/C33H35FN6O4/c1-21(2)30-29(32(43)35-25-11-7-4-8-12-25)28(22-9-5-3-6-10-22)31(23-13-15-24(34)16-14-23)39(30)18-17-26(41)19-27(42)20-40-33(44)36-37-38-40/h3-16,21,26-27,41-42H,17-20H2,1-2H3,(H,35,43)(H,36,38,44)/t26-,27-/m1/s1. The van der Waals surface area contributed by atoms with Gasteiger partial charge in [-0.25, -0.2) is 14.3 Å². The molecule has 0 saturated carbocycles. The number of H-pyrrole nitrogens is 1. The Kier molecular flexibility index (Phi) is 9.47. The maximum absolute atomic E-state index is 14.1. The third-order valence-electron chi connectivity index (χ3n) is 7.44. The van der Waals surface area contributed by atoms with E-state index in [0.29, 0.717) is 28.9 Å². The third-order valence-corrected chi connectivity index (χ3v) is 7.44. The van der Waals surface area contributed by atoms with Crippen LogP contribution in [0, 0.1) is 5.82 Å². The van der Waals surface area contributed by atoms with Gasteiger partial charge in [-0.1, -0.05) is 62.4 Å². The van der Waals surface area contributed by atoms with Gasteiger partial charge in [-0.3, -0.25) is 4.79 Å². The van der Waals surface area contributed by atoms with E-state index in [0.717, 1.165) is 21.6 Å². The van der Waals surface area contributed by atoms with Crippen molar-refractivity contribution in [3.05, 3.63) is 112 Å². The van der Waals surface area contributed by atoms with Gasteiger partial charge in [0.1, 0.15) is 5.82 Å². The molecule has 44 heavy (non-hydrogen) atoms. The van der Waals surface area contributed by atoms with Gasteiger partial charge >= 0.3 is 5.69 Å². The molecule has 0 fully saturated rings. The quantitative estimate of drug-likeness (QED) is 0.163. The number of aliphatic hydroxyl groups is 2. The maximum atomic E-state index is 14.1. The van der Waals surface area contributed by atoms with Crippen LogP contribution in [-0.4, -0.2) is 53.1 Å². The van der Waals surface area contributed by atoms with Crippen LogP contribution in [0.25, 0.3) is 22.4 Å². The molecule has 0 aliphatic rings. The minimum atomic E-state index is -1.04. The van der Waals surface area contributed by atoms with Crippen molar-refractivity contribution in [3.8, 4) is 22.4 Å². The van der Waals surface area contributed by atoms with Crippen LogP contribution in [0.5, 0.6) is 0 Å². The fraction of sp³-hybridized carbons (Fsp3) is 0.273. The van der Waals surface area contributed by atoms with Crippen molar-refractivity contribution in [2.75, 3.05) is 5.32 Å². The van der Waals surface area contributed by atoms with Crippen LogP contribution >= 0.6 is 0 Å². The van der Waals surface area contributed by atoms with Crippen LogP contribution in [0.4, 0.5) is 10.1 Å². The van der Waals surface area contributed by atoms with Crippen LogP contribution in [0.2, 0.25) is 0 Å². The molecule has 4 N–H and O–H groups in total. The fourth-order valence-corrected chi connectivity index (χ4v) is 5.53. The summed E-state index contributed by atoms with van der Waals surface area (Å²) in [6.45, 7) is 4.20. The second-order valence-electron chi connectivity index (χ2n) is 11.0. The highest BCUT2D eigenvalue weighted by Crippen LogP contribution is 2.42. The number of carbonyl (C=O) groups excluding carboxylic acids is 1. The number of aromatic amines is 1. The Morgan fingerprint density at radius 1 is 0.932 bits per heavy atom. The summed E-state index contributed by atoms with van der Waals surface area (Å²) in [6, 6.07) is 24.9. The zero-order chi connectivity index (χ0) is 31.2. The monoisotopic (exact) mass is 598 g/mol. The van der Waals surface area contributed by atoms with E-state index in [4.69, 9.17) is 0 Å². The Hall–Kier alpha value is -4.87. The van der Waals surface area contributed by atoms with E-state index in [2.05, 4.69) is 20.8 Å². The number of nitrogens with zero attached hydrogens (tertiary/aromatic N) is 4. The summed E-state index contributed by atoms with van der Waals surface area (Å²) in [5.74, 6) is -0.769. The molecule has 0 saturated heterocycles. The first-order chi connectivity index (χ1) is 21.2. The number of amides is 1. The molecular formula is C33H35FN6O4. The fourth-order valence-electron chi connectivity index (χ4n) is 5.53. The van der Waals surface area contributed by atoms with Gasteiger partial charge in [0.2, 0.25) is 0 Å². The van der Waals surface area contributed by atoms with Crippen LogP contribution in [-0.2, 0) is 13.1 Å². The van der Waals surface area contributed by atoms with Crippen LogP contribution in [0.15, 0.2) is 89.7 Å². The second-order valence-corrected chi connectivity index (χ2v) is 11.0. The van der Waals surface area contributed by atoms with E-state index in [-0.39, 0.29) is 37.0 Å². The average molecular weight is 599 g/mol. The number of anilines is 1. The molecule has 1 amide bonds. The van der Waals surface area contributed by atoms with Gasteiger partial charge in [0.15, 0.2) is 0 Å². The van der Waals surface area contributed by atoms with Gasteiger partial charge in [-0.2, -0.15) is 4.68 Å². The molecule has 5 aromatic rings. The summed E-state index contributed by atoms with van der Waals surface area (Å²) in [5, 5.41) is 33.8. The van der Waals surface area contributed by atoms with Gasteiger partial charge in [-0.05, 0) is 70.3 Å². The topological polar surface area (TPSA) is 138 Å². The summed E-state index contributed by atoms with van der Waals surface area (Å²) in [6.07, 6.45) is -1.74.